The van der Waals surface area contributed by atoms with E-state index in [4.69, 9.17) is 4.55 Å². The molecular formula is C5H9O4S. The van der Waals surface area contributed by atoms with Gasteiger partial charge in [-0.15, -0.1) is 0 Å². The summed E-state index contributed by atoms with van der Waals surface area (Å²) in [6.45, 7) is 0. The monoisotopic (exact) mass is 165 g/mol. The van der Waals surface area contributed by atoms with Crippen molar-refractivity contribution < 1.29 is 18.1 Å². The van der Waals surface area contributed by atoms with Gasteiger partial charge in [-0.1, -0.05) is 0 Å². The summed E-state index contributed by atoms with van der Waals surface area (Å²) in [7, 11) is -4.36. The SMILES string of the molecule is [O]C1(S(=O)(=O)O)CCCC1. The summed E-state index contributed by atoms with van der Waals surface area (Å²) >= 11 is 0. The molecule has 0 aromatic carbocycles. The summed E-state index contributed by atoms with van der Waals surface area (Å²) < 4.78 is 29.2. The van der Waals surface area contributed by atoms with Crippen molar-refractivity contribution in [2.75, 3.05) is 0 Å². The lowest BCUT2D eigenvalue weighted by Gasteiger charge is -2.13. The van der Waals surface area contributed by atoms with Gasteiger partial charge >= 0.3 is 0 Å². The molecule has 0 atom stereocenters. The Morgan fingerprint density at radius 3 is 1.80 bits per heavy atom. The van der Waals surface area contributed by atoms with Gasteiger partial charge < -0.3 is 0 Å². The summed E-state index contributed by atoms with van der Waals surface area (Å²) in [5.74, 6) is 0. The van der Waals surface area contributed by atoms with Gasteiger partial charge in [0.1, 0.15) is 0 Å². The van der Waals surface area contributed by atoms with Crippen molar-refractivity contribution in [3.05, 3.63) is 0 Å². The van der Waals surface area contributed by atoms with E-state index in [1.165, 1.54) is 0 Å². The average Bonchev–Trinajstić information content (AvgIpc) is 2.13. The van der Waals surface area contributed by atoms with Crippen LogP contribution in [0.1, 0.15) is 25.7 Å². The summed E-state index contributed by atoms with van der Waals surface area (Å²) in [4.78, 5) is -2.09. The first kappa shape index (κ1) is 7.97. The molecule has 0 unspecified atom stereocenters. The highest BCUT2D eigenvalue weighted by atomic mass is 32.2. The third kappa shape index (κ3) is 1.16. The molecule has 0 amide bonds. The topological polar surface area (TPSA) is 74.3 Å². The molecule has 0 bridgehead atoms. The summed E-state index contributed by atoms with van der Waals surface area (Å²) in [5.41, 5.74) is 0. The second-order valence-electron chi connectivity index (χ2n) is 2.59. The van der Waals surface area contributed by atoms with E-state index >= 15 is 0 Å². The fourth-order valence-corrected chi connectivity index (χ4v) is 1.98. The van der Waals surface area contributed by atoms with Gasteiger partial charge in [-0.05, 0) is 25.7 Å². The molecule has 1 aliphatic rings. The van der Waals surface area contributed by atoms with Crippen LogP contribution in [0, 0.1) is 0 Å². The van der Waals surface area contributed by atoms with Gasteiger partial charge in [0.2, 0.25) is 4.93 Å². The second-order valence-corrected chi connectivity index (χ2v) is 4.29. The van der Waals surface area contributed by atoms with E-state index in [1.807, 2.05) is 0 Å². The summed E-state index contributed by atoms with van der Waals surface area (Å²) in [6.07, 6.45) is 1.30. The molecule has 0 aliphatic heterocycles. The molecule has 1 saturated carbocycles. The molecule has 1 N–H and O–H groups in total. The highest BCUT2D eigenvalue weighted by Crippen LogP contribution is 2.33. The molecule has 0 heterocycles. The zero-order chi connectivity index (χ0) is 7.83. The molecule has 0 saturated heterocycles. The summed E-state index contributed by atoms with van der Waals surface area (Å²) in [5, 5.41) is 11.1. The molecule has 0 aromatic heterocycles. The van der Waals surface area contributed by atoms with Gasteiger partial charge in [0.25, 0.3) is 10.1 Å². The largest absolute Gasteiger partial charge is 0.298 e. The van der Waals surface area contributed by atoms with E-state index in [2.05, 4.69) is 0 Å². The molecule has 0 spiro atoms. The lowest BCUT2D eigenvalue weighted by atomic mass is 10.3. The van der Waals surface area contributed by atoms with E-state index in [9.17, 15) is 13.5 Å². The molecule has 1 aliphatic carbocycles. The summed E-state index contributed by atoms with van der Waals surface area (Å²) in [6, 6.07) is 0. The zero-order valence-corrected chi connectivity index (χ0v) is 6.23. The fraction of sp³-hybridized carbons (Fsp3) is 1.00. The van der Waals surface area contributed by atoms with Crippen molar-refractivity contribution in [3.63, 3.8) is 0 Å². The van der Waals surface area contributed by atoms with Crippen LogP contribution >= 0.6 is 0 Å². The van der Waals surface area contributed by atoms with Crippen molar-refractivity contribution in [1.29, 1.82) is 0 Å². The maximum Gasteiger partial charge on any atom is 0.298 e. The Labute approximate surface area is 59.6 Å². The number of hydrogen-bond acceptors (Lipinski definition) is 2. The van der Waals surface area contributed by atoms with Crippen molar-refractivity contribution in [1.82, 2.24) is 0 Å². The van der Waals surface area contributed by atoms with Crippen molar-refractivity contribution in [2.24, 2.45) is 0 Å². The number of rotatable bonds is 1. The van der Waals surface area contributed by atoms with Crippen LogP contribution in [0.5, 0.6) is 0 Å². The Hall–Kier alpha value is -0.130. The van der Waals surface area contributed by atoms with Crippen LogP contribution in [-0.2, 0) is 15.2 Å². The fourth-order valence-electron chi connectivity index (χ4n) is 1.17. The maximum atomic E-state index is 11.1. The van der Waals surface area contributed by atoms with Gasteiger partial charge in [-0.3, -0.25) is 4.55 Å². The van der Waals surface area contributed by atoms with Gasteiger partial charge in [-0.25, -0.2) is 5.11 Å². The van der Waals surface area contributed by atoms with E-state index in [0.29, 0.717) is 12.8 Å². The molecule has 0 aromatic rings. The first-order chi connectivity index (χ1) is 4.46. The smallest absolute Gasteiger partial charge is 0.283 e. The Balaban J connectivity index is 2.88. The van der Waals surface area contributed by atoms with Crippen molar-refractivity contribution >= 4 is 10.1 Å². The second kappa shape index (κ2) is 2.18. The average molecular weight is 165 g/mol. The standard InChI is InChI=1S/C5H9O4S/c6-5(10(7,8)9)3-1-2-4-5/h1-4H2,(H,7,8,9). The minimum absolute atomic E-state index is 0.0475. The lowest BCUT2D eigenvalue weighted by molar-refractivity contribution is 0.0433. The quantitative estimate of drug-likeness (QED) is 0.577. The molecule has 1 radical (unpaired) electrons. The minimum atomic E-state index is -4.36. The maximum absolute atomic E-state index is 11.1. The Kier molecular flexibility index (Phi) is 1.74. The molecular weight excluding hydrogens is 156 g/mol. The molecule has 59 valence electrons. The van der Waals surface area contributed by atoms with Crippen LogP contribution in [0.3, 0.4) is 0 Å². The van der Waals surface area contributed by atoms with E-state index < -0.39 is 15.1 Å². The van der Waals surface area contributed by atoms with Crippen LogP contribution in [0.15, 0.2) is 0 Å². The molecule has 1 fully saturated rings. The lowest BCUT2D eigenvalue weighted by Crippen LogP contribution is -2.32. The zero-order valence-electron chi connectivity index (χ0n) is 5.41. The Bertz CT molecular complexity index is 212. The number of hydrogen-bond donors (Lipinski definition) is 1. The van der Waals surface area contributed by atoms with Gasteiger partial charge in [0.15, 0.2) is 0 Å². The van der Waals surface area contributed by atoms with Crippen LogP contribution in [0.4, 0.5) is 0 Å². The predicted octanol–water partition coefficient (Wildman–Crippen LogP) is 0.575. The first-order valence-electron chi connectivity index (χ1n) is 3.13. The van der Waals surface area contributed by atoms with Crippen LogP contribution < -0.4 is 0 Å². The van der Waals surface area contributed by atoms with E-state index in [1.54, 1.807) is 0 Å². The van der Waals surface area contributed by atoms with E-state index in [0.717, 1.165) is 0 Å². The third-order valence-electron chi connectivity index (χ3n) is 1.84. The predicted molar refractivity (Wildman–Crippen MR) is 33.4 cm³/mol. The van der Waals surface area contributed by atoms with E-state index in [-0.39, 0.29) is 12.8 Å². The third-order valence-corrected chi connectivity index (χ3v) is 3.18. The molecule has 5 heteroatoms. The van der Waals surface area contributed by atoms with Crippen molar-refractivity contribution in [2.45, 2.75) is 30.6 Å². The van der Waals surface area contributed by atoms with Gasteiger partial charge in [0.05, 0.1) is 0 Å². The highest BCUT2D eigenvalue weighted by Gasteiger charge is 2.45. The molecule has 1 rings (SSSR count). The first-order valence-corrected chi connectivity index (χ1v) is 4.57. The van der Waals surface area contributed by atoms with Crippen LogP contribution in [0.25, 0.3) is 0 Å². The molecule has 4 nitrogen and oxygen atoms in total. The van der Waals surface area contributed by atoms with Crippen LogP contribution in [-0.4, -0.2) is 17.9 Å². The highest BCUT2D eigenvalue weighted by molar-refractivity contribution is 7.87. The van der Waals surface area contributed by atoms with Gasteiger partial charge in [-0.2, -0.15) is 8.42 Å². The normalized spacial score (nSPS) is 25.0. The van der Waals surface area contributed by atoms with Crippen molar-refractivity contribution in [3.8, 4) is 0 Å². The minimum Gasteiger partial charge on any atom is -0.283 e. The van der Waals surface area contributed by atoms with Crippen LogP contribution in [0.2, 0.25) is 0 Å². The Morgan fingerprint density at radius 1 is 1.20 bits per heavy atom. The Morgan fingerprint density at radius 2 is 1.60 bits per heavy atom. The van der Waals surface area contributed by atoms with Gasteiger partial charge in [0, 0.05) is 0 Å². The molecule has 10 heavy (non-hydrogen) atoms.